The Hall–Kier alpha value is -2.71. The Morgan fingerprint density at radius 1 is 1.12 bits per heavy atom. The molecule has 3 rings (SSSR count). The number of piperazine rings is 1. The average Bonchev–Trinajstić information content (AvgIpc) is 2.64. The number of rotatable bonds is 3. The summed E-state index contributed by atoms with van der Waals surface area (Å²) >= 11 is 0. The predicted octanol–water partition coefficient (Wildman–Crippen LogP) is 3.16. The summed E-state index contributed by atoms with van der Waals surface area (Å²) in [4.78, 5) is 16.3. The molecule has 0 bridgehead atoms. The van der Waals surface area contributed by atoms with E-state index in [-0.39, 0.29) is 11.7 Å². The van der Waals surface area contributed by atoms with Gasteiger partial charge in [-0.15, -0.1) is 0 Å². The Kier molecular flexibility index (Phi) is 5.11. The van der Waals surface area contributed by atoms with Gasteiger partial charge in [-0.1, -0.05) is 35.9 Å². The van der Waals surface area contributed by atoms with Crippen LogP contribution in [0, 0.1) is 24.1 Å². The fraction of sp³-hybridized carbons (Fsp3) is 0.300. The minimum absolute atomic E-state index is 0.00255. The molecule has 0 N–H and O–H groups in total. The summed E-state index contributed by atoms with van der Waals surface area (Å²) < 4.78 is 14.0. The zero-order chi connectivity index (χ0) is 17.8. The first kappa shape index (κ1) is 17.1. The number of aryl methyl sites for hydroxylation is 1. The van der Waals surface area contributed by atoms with Gasteiger partial charge in [0.05, 0.1) is 6.07 Å². The van der Waals surface area contributed by atoms with Gasteiger partial charge >= 0.3 is 0 Å². The van der Waals surface area contributed by atoms with Crippen LogP contribution in [0.15, 0.2) is 48.5 Å². The molecule has 5 heteroatoms. The van der Waals surface area contributed by atoms with Crippen LogP contribution in [0.1, 0.15) is 27.5 Å². The fourth-order valence-electron chi connectivity index (χ4n) is 3.19. The van der Waals surface area contributed by atoms with Crippen molar-refractivity contribution in [3.63, 3.8) is 0 Å². The van der Waals surface area contributed by atoms with E-state index in [1.165, 1.54) is 6.07 Å². The third kappa shape index (κ3) is 3.70. The molecule has 1 aliphatic rings. The molecule has 0 spiro atoms. The minimum atomic E-state index is -0.627. The zero-order valence-electron chi connectivity index (χ0n) is 14.2. The molecule has 0 saturated carbocycles. The van der Waals surface area contributed by atoms with Gasteiger partial charge in [0.15, 0.2) is 0 Å². The topological polar surface area (TPSA) is 47.3 Å². The van der Waals surface area contributed by atoms with Crippen molar-refractivity contribution < 1.29 is 9.18 Å². The van der Waals surface area contributed by atoms with Crippen molar-refractivity contribution in [1.82, 2.24) is 9.80 Å². The number of hydrogen-bond donors (Lipinski definition) is 0. The molecular formula is C20H20FN3O. The predicted molar refractivity (Wildman–Crippen MR) is 93.4 cm³/mol. The van der Waals surface area contributed by atoms with E-state index in [0.29, 0.717) is 37.3 Å². The summed E-state index contributed by atoms with van der Waals surface area (Å²) in [6.45, 7) is 4.10. The number of nitrogens with zero attached hydrogens (tertiary/aromatic N) is 3. The van der Waals surface area contributed by atoms with Crippen LogP contribution < -0.4 is 0 Å². The second kappa shape index (κ2) is 7.45. The second-order valence-electron chi connectivity index (χ2n) is 6.25. The normalized spacial score (nSPS) is 16.3. The smallest absolute Gasteiger partial charge is 0.253 e. The summed E-state index contributed by atoms with van der Waals surface area (Å²) in [7, 11) is 0. The maximum Gasteiger partial charge on any atom is 0.253 e. The Labute approximate surface area is 147 Å². The van der Waals surface area contributed by atoms with Crippen LogP contribution in [0.4, 0.5) is 4.39 Å². The van der Waals surface area contributed by atoms with Gasteiger partial charge in [0, 0.05) is 37.3 Å². The first-order valence-corrected chi connectivity index (χ1v) is 8.34. The molecule has 1 amide bonds. The van der Waals surface area contributed by atoms with E-state index in [0.717, 1.165) is 5.56 Å². The van der Waals surface area contributed by atoms with Crippen molar-refractivity contribution in [2.75, 3.05) is 26.2 Å². The van der Waals surface area contributed by atoms with Crippen molar-refractivity contribution in [3.8, 4) is 6.07 Å². The molecule has 1 atom stereocenters. The third-order valence-corrected chi connectivity index (χ3v) is 4.55. The number of halogens is 1. The molecule has 0 aliphatic carbocycles. The molecule has 0 radical (unpaired) electrons. The van der Waals surface area contributed by atoms with Crippen molar-refractivity contribution in [2.45, 2.75) is 13.0 Å². The molecule has 1 heterocycles. The van der Waals surface area contributed by atoms with Crippen molar-refractivity contribution in [3.05, 3.63) is 71.0 Å². The quantitative estimate of drug-likeness (QED) is 0.864. The highest BCUT2D eigenvalue weighted by Gasteiger charge is 2.28. The maximum absolute atomic E-state index is 14.0. The number of amides is 1. The zero-order valence-corrected chi connectivity index (χ0v) is 14.2. The summed E-state index contributed by atoms with van der Waals surface area (Å²) in [5.74, 6) is -0.366. The van der Waals surface area contributed by atoms with Crippen molar-refractivity contribution in [2.24, 2.45) is 0 Å². The van der Waals surface area contributed by atoms with E-state index in [1.807, 2.05) is 36.1 Å². The number of carbonyl (C=O) groups is 1. The Bertz CT molecular complexity index is 807. The molecule has 4 nitrogen and oxygen atoms in total. The van der Waals surface area contributed by atoms with Gasteiger partial charge in [0.2, 0.25) is 0 Å². The van der Waals surface area contributed by atoms with E-state index in [9.17, 15) is 14.4 Å². The molecule has 1 aliphatic heterocycles. The van der Waals surface area contributed by atoms with Gasteiger partial charge in [-0.05, 0) is 25.1 Å². The number of benzene rings is 2. The van der Waals surface area contributed by atoms with Crippen molar-refractivity contribution >= 4 is 5.91 Å². The van der Waals surface area contributed by atoms with E-state index in [4.69, 9.17) is 0 Å². The SMILES string of the molecule is Cc1cccc(C(=O)N2CCN(C(C#N)c3ccccc3F)CC2)c1. The lowest BCUT2D eigenvalue weighted by molar-refractivity contribution is 0.0604. The summed E-state index contributed by atoms with van der Waals surface area (Å²) in [5, 5.41) is 9.50. The van der Waals surface area contributed by atoms with Gasteiger partial charge in [0.25, 0.3) is 5.91 Å². The lowest BCUT2D eigenvalue weighted by Crippen LogP contribution is -2.49. The van der Waals surface area contributed by atoms with Crippen LogP contribution >= 0.6 is 0 Å². The van der Waals surface area contributed by atoms with Crippen molar-refractivity contribution in [1.29, 1.82) is 5.26 Å². The van der Waals surface area contributed by atoms with Crippen LogP contribution in [0.2, 0.25) is 0 Å². The molecular weight excluding hydrogens is 317 g/mol. The average molecular weight is 337 g/mol. The standard InChI is InChI=1S/C20H20FN3O/c1-15-5-4-6-16(13-15)20(25)24-11-9-23(10-12-24)19(14-22)17-7-2-3-8-18(17)21/h2-8,13,19H,9-12H2,1H3. The number of nitriles is 1. The highest BCUT2D eigenvalue weighted by atomic mass is 19.1. The molecule has 1 saturated heterocycles. The largest absolute Gasteiger partial charge is 0.336 e. The van der Waals surface area contributed by atoms with Gasteiger partial charge < -0.3 is 4.90 Å². The van der Waals surface area contributed by atoms with Crippen LogP contribution in [-0.4, -0.2) is 41.9 Å². The lowest BCUT2D eigenvalue weighted by Gasteiger charge is -2.37. The van der Waals surface area contributed by atoms with Gasteiger partial charge in [-0.25, -0.2) is 4.39 Å². The molecule has 2 aromatic rings. The Balaban J connectivity index is 1.68. The molecule has 1 unspecified atom stereocenters. The van der Waals surface area contributed by atoms with Crippen LogP contribution in [0.3, 0.4) is 0 Å². The van der Waals surface area contributed by atoms with Gasteiger partial charge in [-0.2, -0.15) is 5.26 Å². The van der Waals surface area contributed by atoms with E-state index in [1.54, 1.807) is 23.1 Å². The van der Waals surface area contributed by atoms with Crippen LogP contribution in [0.5, 0.6) is 0 Å². The van der Waals surface area contributed by atoms with E-state index < -0.39 is 6.04 Å². The highest BCUT2D eigenvalue weighted by Crippen LogP contribution is 2.24. The summed E-state index contributed by atoms with van der Waals surface area (Å²) in [6.07, 6.45) is 0. The lowest BCUT2D eigenvalue weighted by atomic mass is 10.0. The first-order chi connectivity index (χ1) is 12.1. The molecule has 25 heavy (non-hydrogen) atoms. The summed E-state index contributed by atoms with van der Waals surface area (Å²) in [6, 6.07) is 15.5. The Morgan fingerprint density at radius 3 is 2.48 bits per heavy atom. The van der Waals surface area contributed by atoms with Gasteiger partial charge in [0.1, 0.15) is 11.9 Å². The van der Waals surface area contributed by atoms with E-state index >= 15 is 0 Å². The number of hydrogen-bond acceptors (Lipinski definition) is 3. The van der Waals surface area contributed by atoms with Crippen LogP contribution in [0.25, 0.3) is 0 Å². The molecule has 0 aromatic heterocycles. The molecule has 2 aromatic carbocycles. The molecule has 128 valence electrons. The first-order valence-electron chi connectivity index (χ1n) is 8.34. The fourth-order valence-corrected chi connectivity index (χ4v) is 3.19. The molecule has 1 fully saturated rings. The van der Waals surface area contributed by atoms with E-state index in [2.05, 4.69) is 6.07 Å². The Morgan fingerprint density at radius 2 is 1.84 bits per heavy atom. The second-order valence-corrected chi connectivity index (χ2v) is 6.25. The van der Waals surface area contributed by atoms with Gasteiger partial charge in [-0.3, -0.25) is 9.69 Å². The minimum Gasteiger partial charge on any atom is -0.336 e. The number of carbonyl (C=O) groups excluding carboxylic acids is 1. The van der Waals surface area contributed by atoms with Crippen LogP contribution in [-0.2, 0) is 0 Å². The maximum atomic E-state index is 14.0. The monoisotopic (exact) mass is 337 g/mol. The highest BCUT2D eigenvalue weighted by molar-refractivity contribution is 5.94. The summed E-state index contributed by atoms with van der Waals surface area (Å²) in [5.41, 5.74) is 2.12. The third-order valence-electron chi connectivity index (χ3n) is 4.55.